The number of hydrogen-bond donors (Lipinski definition) is 3. The minimum absolute atomic E-state index is 0.0885. The normalized spacial score (nSPS) is 18.7. The molecule has 1 saturated carbocycles. The third kappa shape index (κ3) is 3.60. The van der Waals surface area contributed by atoms with E-state index in [1.54, 1.807) is 12.4 Å². The van der Waals surface area contributed by atoms with Gasteiger partial charge in [-0.05, 0) is 18.9 Å². The number of nitrogens with zero attached hydrogens (tertiary/aromatic N) is 1. The first-order chi connectivity index (χ1) is 8.81. The molecule has 5 N–H and O–H groups in total. The fourth-order valence-corrected chi connectivity index (χ4v) is 3.81. The highest BCUT2D eigenvalue weighted by molar-refractivity contribution is 7.99. The van der Waals surface area contributed by atoms with Crippen LogP contribution in [0.1, 0.15) is 43.7 Å². The molecule has 0 saturated heterocycles. The Kier molecular flexibility index (Phi) is 5.28. The predicted molar refractivity (Wildman–Crippen MR) is 78.0 cm³/mol. The van der Waals surface area contributed by atoms with E-state index in [9.17, 15) is 0 Å². The fraction of sp³-hybridized carbons (Fsp3) is 0.615. The van der Waals surface area contributed by atoms with Crippen LogP contribution in [0.4, 0.5) is 5.69 Å². The molecule has 0 aromatic carbocycles. The molecule has 1 aromatic heterocycles. The number of nitrogen functional groups attached to an aromatic ring is 1. The number of rotatable bonds is 5. The van der Waals surface area contributed by atoms with Crippen LogP contribution in [-0.4, -0.2) is 16.0 Å². The van der Waals surface area contributed by atoms with E-state index < -0.39 is 0 Å². The summed E-state index contributed by atoms with van der Waals surface area (Å²) in [6.45, 7) is 0. The highest BCUT2D eigenvalue weighted by Gasteiger charge is 2.18. The average Bonchev–Trinajstić information content (AvgIpc) is 2.42. The van der Waals surface area contributed by atoms with Gasteiger partial charge in [0.25, 0.3) is 0 Å². The van der Waals surface area contributed by atoms with Crippen LogP contribution in [0.15, 0.2) is 18.5 Å². The molecule has 0 radical (unpaired) electrons. The van der Waals surface area contributed by atoms with Gasteiger partial charge < -0.3 is 5.73 Å². The van der Waals surface area contributed by atoms with Crippen LogP contribution in [-0.2, 0) is 0 Å². The van der Waals surface area contributed by atoms with Gasteiger partial charge in [-0.25, -0.2) is 0 Å². The van der Waals surface area contributed by atoms with Crippen molar-refractivity contribution in [3.63, 3.8) is 0 Å². The lowest BCUT2D eigenvalue weighted by Gasteiger charge is -2.24. The van der Waals surface area contributed by atoms with Gasteiger partial charge in [-0.2, -0.15) is 11.8 Å². The minimum Gasteiger partial charge on any atom is -0.398 e. The van der Waals surface area contributed by atoms with Gasteiger partial charge in [-0.1, -0.05) is 19.3 Å². The Hall–Kier alpha value is -0.780. The van der Waals surface area contributed by atoms with Crippen molar-refractivity contribution >= 4 is 17.4 Å². The van der Waals surface area contributed by atoms with Crippen LogP contribution in [0.25, 0.3) is 0 Å². The van der Waals surface area contributed by atoms with Crippen molar-refractivity contribution in [3.05, 3.63) is 24.0 Å². The standard InChI is InChI=1S/C13H22N4S/c14-12-6-7-16-8-11(12)13(17-15)9-18-10-4-2-1-3-5-10/h6-8,10,13,17H,1-5,9,15H2,(H2,14,16). The van der Waals surface area contributed by atoms with E-state index in [1.807, 2.05) is 17.8 Å². The predicted octanol–water partition coefficient (Wildman–Crippen LogP) is 2.23. The summed E-state index contributed by atoms with van der Waals surface area (Å²) in [5, 5.41) is 0.785. The van der Waals surface area contributed by atoms with E-state index in [0.29, 0.717) is 0 Å². The summed E-state index contributed by atoms with van der Waals surface area (Å²) in [5.41, 5.74) is 10.6. The van der Waals surface area contributed by atoms with Crippen molar-refractivity contribution in [1.29, 1.82) is 0 Å². The Morgan fingerprint density at radius 1 is 1.39 bits per heavy atom. The maximum Gasteiger partial charge on any atom is 0.0586 e. The first-order valence-electron chi connectivity index (χ1n) is 6.58. The molecule has 2 rings (SSSR count). The van der Waals surface area contributed by atoms with Crippen molar-refractivity contribution < 1.29 is 0 Å². The van der Waals surface area contributed by atoms with E-state index in [-0.39, 0.29) is 6.04 Å². The van der Waals surface area contributed by atoms with Crippen molar-refractivity contribution in [2.45, 2.75) is 43.4 Å². The number of aromatic nitrogens is 1. The summed E-state index contributed by atoms with van der Waals surface area (Å²) in [7, 11) is 0. The zero-order valence-electron chi connectivity index (χ0n) is 10.6. The summed E-state index contributed by atoms with van der Waals surface area (Å²) in [4.78, 5) is 4.12. The number of anilines is 1. The summed E-state index contributed by atoms with van der Waals surface area (Å²) in [6, 6.07) is 1.91. The topological polar surface area (TPSA) is 77.0 Å². The quantitative estimate of drug-likeness (QED) is 0.563. The number of nitrogens with one attached hydrogen (secondary N) is 1. The molecular weight excluding hydrogens is 244 g/mol. The van der Waals surface area contributed by atoms with Crippen LogP contribution in [0, 0.1) is 0 Å². The highest BCUT2D eigenvalue weighted by Crippen LogP contribution is 2.31. The second-order valence-corrected chi connectivity index (χ2v) is 6.15. The number of thioether (sulfide) groups is 1. The molecule has 0 spiro atoms. The van der Waals surface area contributed by atoms with Crippen molar-refractivity contribution in [2.24, 2.45) is 5.84 Å². The van der Waals surface area contributed by atoms with Gasteiger partial charge in [-0.3, -0.25) is 16.3 Å². The zero-order valence-corrected chi connectivity index (χ0v) is 11.5. The lowest BCUT2D eigenvalue weighted by molar-refractivity contribution is 0.514. The molecule has 1 atom stereocenters. The fourth-order valence-electron chi connectivity index (χ4n) is 2.40. The molecule has 100 valence electrons. The molecule has 1 unspecified atom stereocenters. The number of hydrazine groups is 1. The molecule has 0 bridgehead atoms. The van der Waals surface area contributed by atoms with E-state index in [1.165, 1.54) is 32.1 Å². The number of pyridine rings is 1. The van der Waals surface area contributed by atoms with Crippen molar-refractivity contribution in [1.82, 2.24) is 10.4 Å². The van der Waals surface area contributed by atoms with E-state index in [0.717, 1.165) is 22.3 Å². The van der Waals surface area contributed by atoms with Gasteiger partial charge in [-0.15, -0.1) is 0 Å². The zero-order chi connectivity index (χ0) is 12.8. The second-order valence-electron chi connectivity index (χ2n) is 4.82. The molecule has 0 aliphatic heterocycles. The minimum atomic E-state index is 0.0885. The first kappa shape index (κ1) is 13.6. The van der Waals surface area contributed by atoms with Crippen LogP contribution in [0.3, 0.4) is 0 Å². The summed E-state index contributed by atoms with van der Waals surface area (Å²) < 4.78 is 0. The van der Waals surface area contributed by atoms with E-state index in [4.69, 9.17) is 11.6 Å². The Labute approximate surface area is 113 Å². The molecule has 1 aromatic rings. The van der Waals surface area contributed by atoms with Crippen LogP contribution in [0.2, 0.25) is 0 Å². The molecule has 1 fully saturated rings. The smallest absolute Gasteiger partial charge is 0.0586 e. The van der Waals surface area contributed by atoms with E-state index >= 15 is 0 Å². The Morgan fingerprint density at radius 3 is 2.83 bits per heavy atom. The first-order valence-corrected chi connectivity index (χ1v) is 7.63. The largest absolute Gasteiger partial charge is 0.398 e. The SMILES string of the molecule is NNC(CSC1CCCCC1)c1cnccc1N. The molecule has 1 heterocycles. The Bertz CT molecular complexity index is 366. The molecule has 4 nitrogen and oxygen atoms in total. The van der Waals surface area contributed by atoms with Gasteiger partial charge in [0.2, 0.25) is 0 Å². The van der Waals surface area contributed by atoms with Crippen LogP contribution in [0.5, 0.6) is 0 Å². The maximum atomic E-state index is 5.96. The lowest BCUT2D eigenvalue weighted by Crippen LogP contribution is -2.31. The summed E-state index contributed by atoms with van der Waals surface area (Å²) in [5.74, 6) is 6.60. The molecule has 5 heteroatoms. The van der Waals surface area contributed by atoms with Gasteiger partial charge >= 0.3 is 0 Å². The van der Waals surface area contributed by atoms with Gasteiger partial charge in [0.05, 0.1) is 6.04 Å². The monoisotopic (exact) mass is 266 g/mol. The second kappa shape index (κ2) is 6.97. The third-order valence-corrected chi connectivity index (χ3v) is 4.98. The van der Waals surface area contributed by atoms with Gasteiger partial charge in [0.15, 0.2) is 0 Å². The average molecular weight is 266 g/mol. The van der Waals surface area contributed by atoms with Gasteiger partial charge in [0.1, 0.15) is 0 Å². The number of nitrogens with two attached hydrogens (primary N) is 2. The molecule has 18 heavy (non-hydrogen) atoms. The summed E-state index contributed by atoms with van der Waals surface area (Å²) >= 11 is 2.01. The molecule has 1 aliphatic carbocycles. The number of hydrogen-bond acceptors (Lipinski definition) is 5. The van der Waals surface area contributed by atoms with Crippen molar-refractivity contribution in [3.8, 4) is 0 Å². The van der Waals surface area contributed by atoms with Crippen LogP contribution < -0.4 is 17.0 Å². The third-order valence-electron chi connectivity index (χ3n) is 3.51. The maximum absolute atomic E-state index is 5.96. The van der Waals surface area contributed by atoms with Crippen molar-refractivity contribution in [2.75, 3.05) is 11.5 Å². The lowest BCUT2D eigenvalue weighted by atomic mass is 10.0. The summed E-state index contributed by atoms with van der Waals surface area (Å²) in [6.07, 6.45) is 10.3. The molecule has 0 amide bonds. The Balaban J connectivity index is 1.91. The molecule has 1 aliphatic rings. The van der Waals surface area contributed by atoms with Gasteiger partial charge in [0, 0.05) is 34.6 Å². The Morgan fingerprint density at radius 2 is 2.17 bits per heavy atom. The highest BCUT2D eigenvalue weighted by atomic mass is 32.2. The molecular formula is C13H22N4S. The van der Waals surface area contributed by atoms with Crippen LogP contribution >= 0.6 is 11.8 Å². The van der Waals surface area contributed by atoms with E-state index in [2.05, 4.69) is 10.4 Å².